The van der Waals surface area contributed by atoms with Gasteiger partial charge in [-0.15, -0.1) is 0 Å². The molecular weight excluding hydrogens is 364 g/mol. The van der Waals surface area contributed by atoms with E-state index in [4.69, 9.17) is 9.15 Å². The van der Waals surface area contributed by atoms with Crippen molar-refractivity contribution in [3.05, 3.63) is 70.9 Å². The van der Waals surface area contributed by atoms with Gasteiger partial charge in [0.2, 0.25) is 0 Å². The fraction of sp³-hybridized carbons (Fsp3) is 0.480. The number of hydrogen-bond acceptors (Lipinski definition) is 4. The lowest BCUT2D eigenvalue weighted by Crippen LogP contribution is -2.12. The molecule has 1 aliphatic rings. The summed E-state index contributed by atoms with van der Waals surface area (Å²) in [5, 5.41) is 9.92. The Morgan fingerprint density at radius 3 is 2.76 bits per heavy atom. The number of aliphatic hydroxyl groups excluding tert-OH is 1. The third-order valence-corrected chi connectivity index (χ3v) is 5.31. The molecule has 4 nitrogen and oxygen atoms in total. The van der Waals surface area contributed by atoms with Crippen LogP contribution >= 0.6 is 0 Å². The zero-order valence-corrected chi connectivity index (χ0v) is 18.1. The van der Waals surface area contributed by atoms with Crippen LogP contribution in [0.25, 0.3) is 0 Å². The Hall–Kier alpha value is -2.49. The molecule has 0 amide bonds. The summed E-state index contributed by atoms with van der Waals surface area (Å²) in [4.78, 5) is 11.5. The van der Waals surface area contributed by atoms with Crippen LogP contribution in [-0.2, 0) is 16.0 Å². The van der Waals surface area contributed by atoms with E-state index in [0.29, 0.717) is 17.9 Å². The molecule has 158 valence electrons. The largest absolute Gasteiger partial charge is 0.508 e. The van der Waals surface area contributed by atoms with Crippen LogP contribution in [-0.4, -0.2) is 17.2 Å². The molecule has 0 saturated heterocycles. The van der Waals surface area contributed by atoms with Gasteiger partial charge in [-0.1, -0.05) is 42.4 Å². The van der Waals surface area contributed by atoms with Gasteiger partial charge in [-0.05, 0) is 70.4 Å². The molecule has 0 radical (unpaired) electrons. The molecule has 2 atom stereocenters. The molecule has 4 heteroatoms. The van der Waals surface area contributed by atoms with Crippen LogP contribution < -0.4 is 0 Å². The smallest absolute Gasteiger partial charge is 0.338 e. The topological polar surface area (TPSA) is 59.7 Å². The quantitative estimate of drug-likeness (QED) is 0.259. The van der Waals surface area contributed by atoms with Gasteiger partial charge in [-0.3, -0.25) is 0 Å². The molecule has 0 saturated carbocycles. The van der Waals surface area contributed by atoms with Crippen LogP contribution in [0.5, 0.6) is 0 Å². The van der Waals surface area contributed by atoms with E-state index in [1.807, 2.05) is 19.3 Å². The Morgan fingerprint density at radius 2 is 2.10 bits per heavy atom. The van der Waals surface area contributed by atoms with E-state index in [1.54, 1.807) is 13.2 Å². The fourth-order valence-corrected chi connectivity index (χ4v) is 3.33. The Bertz CT molecular complexity index is 778. The van der Waals surface area contributed by atoms with Gasteiger partial charge in [-0.25, -0.2) is 4.79 Å². The summed E-state index contributed by atoms with van der Waals surface area (Å²) in [5.74, 6) is 0.218. The highest BCUT2D eigenvalue weighted by atomic mass is 16.6. The first-order chi connectivity index (χ1) is 13.9. The Labute approximate surface area is 174 Å². The Morgan fingerprint density at radius 1 is 1.31 bits per heavy atom. The number of rotatable bonds is 11. The fourth-order valence-electron chi connectivity index (χ4n) is 3.33. The highest BCUT2D eigenvalue weighted by Crippen LogP contribution is 2.25. The minimum Gasteiger partial charge on any atom is -0.508 e. The highest BCUT2D eigenvalue weighted by Gasteiger charge is 2.31. The molecule has 1 aliphatic heterocycles. The molecule has 2 heterocycles. The highest BCUT2D eigenvalue weighted by molar-refractivity contribution is 5.91. The SMILES string of the molecule is CC(=CC=CC(C)CCCc1ccoc1)CCC=C(C)CC1OC(=O)C(C)=C1O. The normalized spacial score (nSPS) is 19.3. The second-order valence-electron chi connectivity index (χ2n) is 8.10. The minimum atomic E-state index is -0.520. The number of hydrogen-bond donors (Lipinski definition) is 1. The van der Waals surface area contributed by atoms with Crippen molar-refractivity contribution >= 4 is 5.97 Å². The third kappa shape index (κ3) is 7.80. The van der Waals surface area contributed by atoms with E-state index in [2.05, 4.69) is 38.2 Å². The number of furan rings is 1. The third-order valence-electron chi connectivity index (χ3n) is 5.31. The summed E-state index contributed by atoms with van der Waals surface area (Å²) in [6.45, 7) is 8.01. The molecule has 0 bridgehead atoms. The predicted octanol–water partition coefficient (Wildman–Crippen LogP) is 6.61. The van der Waals surface area contributed by atoms with E-state index < -0.39 is 12.1 Å². The Kier molecular flexibility index (Phi) is 9.04. The van der Waals surface area contributed by atoms with Crippen molar-refractivity contribution in [2.45, 2.75) is 72.3 Å². The molecular formula is C25H34O4. The molecule has 0 fully saturated rings. The first-order valence-corrected chi connectivity index (χ1v) is 10.5. The minimum absolute atomic E-state index is 0.0721. The monoisotopic (exact) mass is 398 g/mol. The first-order valence-electron chi connectivity index (χ1n) is 10.5. The number of carbonyl (C=O) groups is 1. The van der Waals surface area contributed by atoms with E-state index in [0.717, 1.165) is 24.8 Å². The van der Waals surface area contributed by atoms with Crippen molar-refractivity contribution in [1.82, 2.24) is 0 Å². The molecule has 2 unspecified atom stereocenters. The number of cyclic esters (lactones) is 1. The molecule has 1 aromatic heterocycles. The standard InChI is InChI=1S/C25H34O4/c1-18(8-5-9-19(2)11-7-13-22-14-15-28-17-22)10-6-12-20(3)16-23-24(26)21(4)25(27)29-23/h5,8-9,12,14-15,17,19,23,26H,6-7,10-11,13,16H2,1-4H3. The van der Waals surface area contributed by atoms with Crippen molar-refractivity contribution in [2.75, 3.05) is 0 Å². The van der Waals surface area contributed by atoms with Crippen LogP contribution in [0.15, 0.2) is 69.8 Å². The number of esters is 1. The maximum atomic E-state index is 11.5. The molecule has 29 heavy (non-hydrogen) atoms. The molecule has 1 aromatic rings. The van der Waals surface area contributed by atoms with Crippen LogP contribution in [0.2, 0.25) is 0 Å². The molecule has 0 spiro atoms. The second kappa shape index (κ2) is 11.5. The first kappa shape index (κ1) is 22.8. The number of aliphatic hydroxyl groups is 1. The summed E-state index contributed by atoms with van der Waals surface area (Å²) in [6, 6.07) is 2.03. The van der Waals surface area contributed by atoms with Crippen molar-refractivity contribution in [1.29, 1.82) is 0 Å². The van der Waals surface area contributed by atoms with Gasteiger partial charge in [0.05, 0.1) is 18.1 Å². The molecule has 1 N–H and O–H groups in total. The number of ether oxygens (including phenoxy) is 1. The molecule has 0 aliphatic carbocycles. The van der Waals surface area contributed by atoms with Crippen molar-refractivity contribution in [3.63, 3.8) is 0 Å². The van der Waals surface area contributed by atoms with Gasteiger partial charge in [-0.2, -0.15) is 0 Å². The lowest BCUT2D eigenvalue weighted by molar-refractivity contribution is -0.140. The van der Waals surface area contributed by atoms with E-state index in [9.17, 15) is 9.90 Å². The van der Waals surface area contributed by atoms with Crippen LogP contribution in [0.1, 0.15) is 65.4 Å². The summed E-state index contributed by atoms with van der Waals surface area (Å²) < 4.78 is 10.3. The number of carbonyl (C=O) groups excluding carboxylic acids is 1. The van der Waals surface area contributed by atoms with Crippen molar-refractivity contribution in [2.24, 2.45) is 5.92 Å². The maximum absolute atomic E-state index is 11.5. The van der Waals surface area contributed by atoms with E-state index in [-0.39, 0.29) is 5.76 Å². The zero-order valence-electron chi connectivity index (χ0n) is 18.1. The van der Waals surface area contributed by atoms with Gasteiger partial charge < -0.3 is 14.3 Å². The van der Waals surface area contributed by atoms with Crippen LogP contribution in [0.3, 0.4) is 0 Å². The second-order valence-corrected chi connectivity index (χ2v) is 8.10. The average molecular weight is 399 g/mol. The van der Waals surface area contributed by atoms with Gasteiger partial charge in [0.25, 0.3) is 0 Å². The summed E-state index contributed by atoms with van der Waals surface area (Å²) in [5.41, 5.74) is 4.05. The molecule has 0 aromatic carbocycles. The number of allylic oxidation sites excluding steroid dienone is 5. The average Bonchev–Trinajstić information content (AvgIpc) is 3.27. The molecule has 2 rings (SSSR count). The van der Waals surface area contributed by atoms with Crippen LogP contribution in [0.4, 0.5) is 0 Å². The van der Waals surface area contributed by atoms with Crippen LogP contribution in [0, 0.1) is 5.92 Å². The maximum Gasteiger partial charge on any atom is 0.338 e. The van der Waals surface area contributed by atoms with Gasteiger partial charge in [0, 0.05) is 6.42 Å². The van der Waals surface area contributed by atoms with E-state index in [1.165, 1.54) is 24.0 Å². The zero-order chi connectivity index (χ0) is 21.2. The lowest BCUT2D eigenvalue weighted by Gasteiger charge is -2.10. The predicted molar refractivity (Wildman–Crippen MR) is 117 cm³/mol. The summed E-state index contributed by atoms with van der Waals surface area (Å²) in [6.07, 6.45) is 17.7. The Balaban J connectivity index is 1.66. The van der Waals surface area contributed by atoms with Crippen molar-refractivity contribution < 1.29 is 19.1 Å². The van der Waals surface area contributed by atoms with E-state index >= 15 is 0 Å². The van der Waals surface area contributed by atoms with Crippen molar-refractivity contribution in [3.8, 4) is 0 Å². The summed E-state index contributed by atoms with van der Waals surface area (Å²) in [7, 11) is 0. The van der Waals surface area contributed by atoms with Gasteiger partial charge in [0.1, 0.15) is 5.76 Å². The lowest BCUT2D eigenvalue weighted by atomic mass is 10.0. The van der Waals surface area contributed by atoms with Gasteiger partial charge in [0.15, 0.2) is 6.10 Å². The number of aryl methyl sites for hydroxylation is 1. The summed E-state index contributed by atoms with van der Waals surface area (Å²) >= 11 is 0. The van der Waals surface area contributed by atoms with Gasteiger partial charge >= 0.3 is 5.97 Å².